The van der Waals surface area contributed by atoms with Gasteiger partial charge in [-0.05, 0) is 0 Å². The van der Waals surface area contributed by atoms with E-state index in [9.17, 15) is 13.9 Å². The fraction of sp³-hybridized carbons (Fsp3) is 0.286. The average molecular weight is 189 g/mol. The molecule has 0 bridgehead atoms. The summed E-state index contributed by atoms with van der Waals surface area (Å²) >= 11 is 0. The molecule has 0 aliphatic heterocycles. The van der Waals surface area contributed by atoms with Gasteiger partial charge in [-0.25, -0.2) is 8.78 Å². The van der Waals surface area contributed by atoms with Crippen molar-refractivity contribution in [3.8, 4) is 5.75 Å². The summed E-state index contributed by atoms with van der Waals surface area (Å²) in [5.74, 6) is -0.458. The fourth-order valence-corrected chi connectivity index (χ4v) is 0.894. The van der Waals surface area contributed by atoms with Crippen molar-refractivity contribution in [1.29, 1.82) is 0 Å². The van der Waals surface area contributed by atoms with Crippen LogP contribution in [0.5, 0.6) is 5.75 Å². The van der Waals surface area contributed by atoms with Gasteiger partial charge in [0.05, 0.1) is 16.9 Å². The van der Waals surface area contributed by atoms with E-state index in [-0.39, 0.29) is 17.9 Å². The van der Waals surface area contributed by atoms with E-state index in [4.69, 9.17) is 11.5 Å². The second-order valence-corrected chi connectivity index (χ2v) is 2.43. The predicted molar refractivity (Wildman–Crippen MR) is 43.2 cm³/mol. The van der Waals surface area contributed by atoms with Crippen LogP contribution in [-0.2, 0) is 6.54 Å². The number of nitrogens with zero attached hydrogens (tertiary/aromatic N) is 1. The maximum absolute atomic E-state index is 12.2. The lowest BCUT2D eigenvalue weighted by molar-refractivity contribution is 0.151. The second-order valence-electron chi connectivity index (χ2n) is 2.43. The zero-order valence-corrected chi connectivity index (χ0v) is 6.67. The van der Waals surface area contributed by atoms with Crippen molar-refractivity contribution in [2.75, 3.05) is 5.73 Å². The maximum atomic E-state index is 12.2. The number of alkyl halides is 2. The summed E-state index contributed by atoms with van der Waals surface area (Å²) in [5.41, 5.74) is 9.69. The van der Waals surface area contributed by atoms with Gasteiger partial charge in [-0.2, -0.15) is 0 Å². The van der Waals surface area contributed by atoms with E-state index in [1.54, 1.807) is 0 Å². The standard InChI is InChI=1S/C7H9F2N3O/c8-7(9)3-2-12-4(1-10)6(13)5(3)11/h2,7,13H,1,10H2,(H2,11,12). The highest BCUT2D eigenvalue weighted by atomic mass is 19.3. The fourth-order valence-electron chi connectivity index (χ4n) is 0.894. The van der Waals surface area contributed by atoms with Gasteiger partial charge in [-0.1, -0.05) is 0 Å². The summed E-state index contributed by atoms with van der Waals surface area (Å²) in [6.45, 7) is -0.0421. The Labute approximate surface area is 73.2 Å². The molecular weight excluding hydrogens is 180 g/mol. The zero-order valence-electron chi connectivity index (χ0n) is 6.67. The van der Waals surface area contributed by atoms with Gasteiger partial charge in [0, 0.05) is 12.7 Å². The summed E-state index contributed by atoms with van der Waals surface area (Å²) in [7, 11) is 0. The highest BCUT2D eigenvalue weighted by molar-refractivity contribution is 5.59. The van der Waals surface area contributed by atoms with E-state index in [0.29, 0.717) is 0 Å². The Hall–Kier alpha value is -1.43. The molecule has 0 fully saturated rings. The van der Waals surface area contributed by atoms with Gasteiger partial charge >= 0.3 is 0 Å². The van der Waals surface area contributed by atoms with E-state index < -0.39 is 17.7 Å². The van der Waals surface area contributed by atoms with Crippen molar-refractivity contribution in [3.05, 3.63) is 17.5 Å². The molecule has 13 heavy (non-hydrogen) atoms. The van der Waals surface area contributed by atoms with Crippen molar-refractivity contribution in [2.24, 2.45) is 5.73 Å². The first-order valence-electron chi connectivity index (χ1n) is 3.52. The van der Waals surface area contributed by atoms with Gasteiger partial charge in [0.25, 0.3) is 6.43 Å². The van der Waals surface area contributed by atoms with Crippen LogP contribution >= 0.6 is 0 Å². The molecule has 4 nitrogen and oxygen atoms in total. The minimum absolute atomic E-state index is 0.0421. The highest BCUT2D eigenvalue weighted by Gasteiger charge is 2.16. The largest absolute Gasteiger partial charge is 0.504 e. The van der Waals surface area contributed by atoms with Crippen molar-refractivity contribution in [1.82, 2.24) is 4.98 Å². The minimum Gasteiger partial charge on any atom is -0.504 e. The lowest BCUT2D eigenvalue weighted by Gasteiger charge is -2.08. The van der Waals surface area contributed by atoms with Crippen LogP contribution in [0.1, 0.15) is 17.7 Å². The molecule has 72 valence electrons. The van der Waals surface area contributed by atoms with Crippen molar-refractivity contribution >= 4 is 5.69 Å². The van der Waals surface area contributed by atoms with Crippen LogP contribution < -0.4 is 11.5 Å². The number of halogens is 2. The van der Waals surface area contributed by atoms with E-state index in [1.807, 2.05) is 0 Å². The first-order chi connectivity index (χ1) is 6.07. The van der Waals surface area contributed by atoms with Crippen LogP contribution in [0.15, 0.2) is 6.20 Å². The Kier molecular flexibility index (Phi) is 2.62. The minimum atomic E-state index is -2.75. The number of hydrogen-bond acceptors (Lipinski definition) is 4. The third kappa shape index (κ3) is 1.67. The third-order valence-electron chi connectivity index (χ3n) is 1.63. The molecule has 0 radical (unpaired) electrons. The Morgan fingerprint density at radius 2 is 2.15 bits per heavy atom. The smallest absolute Gasteiger partial charge is 0.267 e. The molecule has 0 saturated carbocycles. The molecule has 1 rings (SSSR count). The van der Waals surface area contributed by atoms with Gasteiger partial charge in [0.1, 0.15) is 0 Å². The van der Waals surface area contributed by atoms with Gasteiger partial charge in [-0.15, -0.1) is 0 Å². The summed E-state index contributed by atoms with van der Waals surface area (Å²) in [6.07, 6.45) is -1.83. The number of aromatic hydroxyl groups is 1. The first kappa shape index (κ1) is 9.66. The number of pyridine rings is 1. The number of aromatic nitrogens is 1. The molecule has 0 spiro atoms. The molecule has 5 N–H and O–H groups in total. The molecule has 0 atom stereocenters. The van der Waals surface area contributed by atoms with Crippen LogP contribution in [0.3, 0.4) is 0 Å². The Balaban J connectivity index is 3.23. The van der Waals surface area contributed by atoms with Crippen molar-refractivity contribution < 1.29 is 13.9 Å². The molecule has 0 aromatic carbocycles. The molecule has 1 aromatic heterocycles. The van der Waals surface area contributed by atoms with Gasteiger partial charge in [-0.3, -0.25) is 4.98 Å². The first-order valence-corrected chi connectivity index (χ1v) is 3.52. The zero-order chi connectivity index (χ0) is 10.0. The van der Waals surface area contributed by atoms with Crippen molar-refractivity contribution in [2.45, 2.75) is 13.0 Å². The summed E-state index contributed by atoms with van der Waals surface area (Å²) in [5, 5.41) is 9.23. The molecule has 0 aliphatic rings. The molecule has 0 unspecified atom stereocenters. The van der Waals surface area contributed by atoms with Crippen LogP contribution in [0.4, 0.5) is 14.5 Å². The van der Waals surface area contributed by atoms with Crippen LogP contribution in [-0.4, -0.2) is 10.1 Å². The van der Waals surface area contributed by atoms with E-state index in [1.165, 1.54) is 0 Å². The van der Waals surface area contributed by atoms with E-state index in [0.717, 1.165) is 6.20 Å². The number of anilines is 1. The van der Waals surface area contributed by atoms with Gasteiger partial charge < -0.3 is 16.6 Å². The number of nitrogen functional groups attached to an aromatic ring is 1. The molecule has 0 aliphatic carbocycles. The van der Waals surface area contributed by atoms with Crippen LogP contribution in [0.2, 0.25) is 0 Å². The van der Waals surface area contributed by atoms with Gasteiger partial charge in [0.2, 0.25) is 0 Å². The topological polar surface area (TPSA) is 85.2 Å². The lowest BCUT2D eigenvalue weighted by Crippen LogP contribution is -2.04. The Bertz CT molecular complexity index is 317. The molecule has 6 heteroatoms. The average Bonchev–Trinajstić information content (AvgIpc) is 2.09. The highest BCUT2D eigenvalue weighted by Crippen LogP contribution is 2.32. The van der Waals surface area contributed by atoms with E-state index in [2.05, 4.69) is 4.98 Å². The summed E-state index contributed by atoms with van der Waals surface area (Å²) in [6, 6.07) is 0. The van der Waals surface area contributed by atoms with Gasteiger partial charge in [0.15, 0.2) is 5.75 Å². The Morgan fingerprint density at radius 1 is 1.54 bits per heavy atom. The van der Waals surface area contributed by atoms with Crippen LogP contribution in [0, 0.1) is 0 Å². The van der Waals surface area contributed by atoms with Crippen LogP contribution in [0.25, 0.3) is 0 Å². The number of nitrogens with two attached hydrogens (primary N) is 2. The third-order valence-corrected chi connectivity index (χ3v) is 1.63. The predicted octanol–water partition coefficient (Wildman–Crippen LogP) is 0.766. The maximum Gasteiger partial charge on any atom is 0.267 e. The Morgan fingerprint density at radius 3 is 2.62 bits per heavy atom. The number of rotatable bonds is 2. The SMILES string of the molecule is NCc1ncc(C(F)F)c(N)c1O. The molecule has 1 aromatic rings. The molecule has 0 amide bonds. The quantitative estimate of drug-likeness (QED) is 0.641. The lowest BCUT2D eigenvalue weighted by atomic mass is 10.2. The molecular formula is C7H9F2N3O. The van der Waals surface area contributed by atoms with Crippen molar-refractivity contribution in [3.63, 3.8) is 0 Å². The normalized spacial score (nSPS) is 10.8. The molecule has 0 saturated heterocycles. The van der Waals surface area contributed by atoms with E-state index >= 15 is 0 Å². The second kappa shape index (κ2) is 3.53. The molecule has 1 heterocycles. The summed E-state index contributed by atoms with van der Waals surface area (Å²) < 4.78 is 24.4. The number of hydrogen-bond donors (Lipinski definition) is 3. The summed E-state index contributed by atoms with van der Waals surface area (Å²) in [4.78, 5) is 3.54. The monoisotopic (exact) mass is 189 g/mol.